The predicted octanol–water partition coefficient (Wildman–Crippen LogP) is 3.95. The maximum Gasteiger partial charge on any atom is 0.211 e. The number of pyridine rings is 2. The van der Waals surface area contributed by atoms with E-state index in [0.717, 1.165) is 28.2 Å². The number of fused-ring (bicyclic) bond motifs is 1. The molecule has 0 atom stereocenters. The van der Waals surface area contributed by atoms with Gasteiger partial charge in [0, 0.05) is 23.8 Å². The molecule has 20 heavy (non-hydrogen) atoms. The van der Waals surface area contributed by atoms with Crippen LogP contribution in [0.3, 0.4) is 0 Å². The van der Waals surface area contributed by atoms with E-state index in [1.54, 1.807) is 12.5 Å². The quantitative estimate of drug-likeness (QED) is 0.512. The molecule has 3 nitrogen and oxygen atoms in total. The van der Waals surface area contributed by atoms with E-state index in [-0.39, 0.29) is 0 Å². The van der Waals surface area contributed by atoms with E-state index < -0.39 is 0 Å². The van der Waals surface area contributed by atoms with E-state index in [0.29, 0.717) is 0 Å². The van der Waals surface area contributed by atoms with E-state index in [9.17, 15) is 0 Å². The minimum absolute atomic E-state index is 0.828. The Balaban J connectivity index is 2.06. The van der Waals surface area contributed by atoms with Crippen molar-refractivity contribution >= 4 is 5.52 Å². The third-order valence-electron chi connectivity index (χ3n) is 3.35. The van der Waals surface area contributed by atoms with Gasteiger partial charge in [0.05, 0.1) is 18.1 Å². The molecule has 0 N–H and O–H groups in total. The summed E-state index contributed by atoms with van der Waals surface area (Å²) in [4.78, 5) is 0. The molecule has 0 aromatic carbocycles. The first-order chi connectivity index (χ1) is 9.92. The Hall–Kier alpha value is -2.81. The van der Waals surface area contributed by atoms with Crippen molar-refractivity contribution in [2.24, 2.45) is 0 Å². The van der Waals surface area contributed by atoms with Crippen LogP contribution in [0.15, 0.2) is 82.3 Å². The van der Waals surface area contributed by atoms with Crippen LogP contribution in [0, 0.1) is 0 Å². The lowest BCUT2D eigenvalue weighted by Gasteiger charge is -2.03. The molecule has 4 aromatic rings. The summed E-state index contributed by atoms with van der Waals surface area (Å²) >= 11 is 0. The summed E-state index contributed by atoms with van der Waals surface area (Å²) in [6.45, 7) is 0. The number of rotatable bonds is 2. The summed E-state index contributed by atoms with van der Waals surface area (Å²) in [5.74, 6) is 1.66. The highest BCUT2D eigenvalue weighted by Gasteiger charge is 2.17. The number of hydrogen-bond acceptors (Lipinski definition) is 2. The second-order valence-corrected chi connectivity index (χ2v) is 4.59. The molecule has 0 radical (unpaired) electrons. The molecule has 4 aromatic heterocycles. The molecular formula is C17H12NO2+. The second kappa shape index (κ2) is 4.38. The lowest BCUT2D eigenvalue weighted by Crippen LogP contribution is -2.20. The Kier molecular flexibility index (Phi) is 2.42. The van der Waals surface area contributed by atoms with Crippen LogP contribution in [-0.2, 0) is 0 Å². The van der Waals surface area contributed by atoms with Crippen molar-refractivity contribution in [3.63, 3.8) is 0 Å². The molecule has 0 saturated carbocycles. The highest BCUT2D eigenvalue weighted by Crippen LogP contribution is 2.32. The summed E-state index contributed by atoms with van der Waals surface area (Å²) in [5.41, 5.74) is 3.14. The first kappa shape index (κ1) is 11.1. The van der Waals surface area contributed by atoms with Gasteiger partial charge in [0.1, 0.15) is 11.5 Å². The van der Waals surface area contributed by atoms with Crippen LogP contribution in [-0.4, -0.2) is 0 Å². The van der Waals surface area contributed by atoms with Gasteiger partial charge in [0.15, 0.2) is 12.4 Å². The first-order valence-electron chi connectivity index (χ1n) is 6.44. The van der Waals surface area contributed by atoms with Gasteiger partial charge in [0.25, 0.3) is 0 Å². The van der Waals surface area contributed by atoms with Gasteiger partial charge in [-0.25, -0.2) is 0 Å². The Bertz CT molecular complexity index is 773. The zero-order valence-corrected chi connectivity index (χ0v) is 10.7. The van der Waals surface area contributed by atoms with Crippen LogP contribution < -0.4 is 4.40 Å². The largest absolute Gasteiger partial charge is 0.464 e. The first-order valence-corrected chi connectivity index (χ1v) is 6.44. The number of aromatic nitrogens is 1. The van der Waals surface area contributed by atoms with E-state index in [2.05, 4.69) is 22.7 Å². The normalized spacial score (nSPS) is 11.0. The molecule has 0 spiro atoms. The number of nitrogens with zero attached hydrogens (tertiary/aromatic N) is 1. The van der Waals surface area contributed by atoms with Gasteiger partial charge in [-0.15, -0.1) is 0 Å². The van der Waals surface area contributed by atoms with Gasteiger partial charge < -0.3 is 8.83 Å². The number of hydrogen-bond donors (Lipinski definition) is 0. The summed E-state index contributed by atoms with van der Waals surface area (Å²) in [6.07, 6.45) is 7.45. The molecule has 0 aliphatic carbocycles. The molecule has 0 unspecified atom stereocenters. The van der Waals surface area contributed by atoms with Gasteiger partial charge in [-0.1, -0.05) is 0 Å². The van der Waals surface area contributed by atoms with Crippen molar-refractivity contribution in [3.05, 3.63) is 73.5 Å². The average molecular weight is 262 g/mol. The van der Waals surface area contributed by atoms with Crippen molar-refractivity contribution in [2.45, 2.75) is 0 Å². The lowest BCUT2D eigenvalue weighted by molar-refractivity contribution is -0.511. The van der Waals surface area contributed by atoms with Crippen molar-refractivity contribution in [2.75, 3.05) is 0 Å². The Labute approximate surface area is 115 Å². The minimum atomic E-state index is 0.828. The smallest absolute Gasteiger partial charge is 0.211 e. The van der Waals surface area contributed by atoms with Crippen LogP contribution in [0.4, 0.5) is 0 Å². The SMILES string of the molecule is c1coc(-c2cc3cccc[n+]3cc2-c2ccco2)c1. The molecule has 3 heteroatoms. The predicted molar refractivity (Wildman–Crippen MR) is 75.0 cm³/mol. The lowest BCUT2D eigenvalue weighted by atomic mass is 10.0. The van der Waals surface area contributed by atoms with E-state index in [1.165, 1.54) is 0 Å². The summed E-state index contributed by atoms with van der Waals surface area (Å²) in [7, 11) is 0. The maximum atomic E-state index is 5.56. The minimum Gasteiger partial charge on any atom is -0.464 e. The molecule has 96 valence electrons. The van der Waals surface area contributed by atoms with E-state index in [4.69, 9.17) is 8.83 Å². The van der Waals surface area contributed by atoms with Crippen LogP contribution >= 0.6 is 0 Å². The van der Waals surface area contributed by atoms with Crippen LogP contribution in [0.5, 0.6) is 0 Å². The molecule has 4 rings (SSSR count). The van der Waals surface area contributed by atoms with Crippen LogP contribution in [0.1, 0.15) is 0 Å². The Morgan fingerprint density at radius 1 is 0.750 bits per heavy atom. The van der Waals surface area contributed by atoms with Crippen LogP contribution in [0.2, 0.25) is 0 Å². The van der Waals surface area contributed by atoms with Crippen LogP contribution in [0.25, 0.3) is 28.2 Å². The summed E-state index contributed by atoms with van der Waals surface area (Å²) in [5, 5.41) is 0. The highest BCUT2D eigenvalue weighted by atomic mass is 16.3. The Morgan fingerprint density at radius 2 is 1.50 bits per heavy atom. The third kappa shape index (κ3) is 1.72. The zero-order chi connectivity index (χ0) is 13.4. The fourth-order valence-corrected chi connectivity index (χ4v) is 2.41. The van der Waals surface area contributed by atoms with Gasteiger partial charge in [-0.3, -0.25) is 0 Å². The summed E-state index contributed by atoms with van der Waals surface area (Å²) < 4.78 is 13.2. The van der Waals surface area contributed by atoms with Gasteiger partial charge in [0.2, 0.25) is 5.52 Å². The molecular weight excluding hydrogens is 250 g/mol. The topological polar surface area (TPSA) is 30.4 Å². The molecule has 4 heterocycles. The summed E-state index contributed by atoms with van der Waals surface area (Å²) in [6, 6.07) is 15.9. The monoisotopic (exact) mass is 262 g/mol. The van der Waals surface area contributed by atoms with Crippen molar-refractivity contribution < 1.29 is 13.2 Å². The molecule has 0 aliphatic heterocycles. The second-order valence-electron chi connectivity index (χ2n) is 4.59. The third-order valence-corrected chi connectivity index (χ3v) is 3.35. The van der Waals surface area contributed by atoms with E-state index in [1.807, 2.05) is 42.6 Å². The van der Waals surface area contributed by atoms with Gasteiger partial charge in [-0.05, 0) is 30.3 Å². The molecule has 0 aliphatic rings. The van der Waals surface area contributed by atoms with Gasteiger partial charge >= 0.3 is 0 Å². The van der Waals surface area contributed by atoms with E-state index >= 15 is 0 Å². The van der Waals surface area contributed by atoms with Crippen molar-refractivity contribution in [3.8, 4) is 22.6 Å². The fraction of sp³-hybridized carbons (Fsp3) is 0. The average Bonchev–Trinajstić information content (AvgIpc) is 3.19. The van der Waals surface area contributed by atoms with Crippen molar-refractivity contribution in [1.82, 2.24) is 0 Å². The molecule has 0 saturated heterocycles. The van der Waals surface area contributed by atoms with Gasteiger partial charge in [-0.2, -0.15) is 4.40 Å². The van der Waals surface area contributed by atoms with Crippen molar-refractivity contribution in [1.29, 1.82) is 0 Å². The molecule has 0 amide bonds. The maximum absolute atomic E-state index is 5.56. The molecule has 0 bridgehead atoms. The highest BCUT2D eigenvalue weighted by molar-refractivity contribution is 5.79. The Morgan fingerprint density at radius 3 is 2.20 bits per heavy atom. The molecule has 0 fully saturated rings. The standard InChI is InChI=1S/C17H12NO2/c1-2-8-18-12-15(17-7-4-10-20-17)14(11-13(18)5-1)16-6-3-9-19-16/h1-12H/q+1. The fourth-order valence-electron chi connectivity index (χ4n) is 2.41. The zero-order valence-electron chi connectivity index (χ0n) is 10.7. The number of furan rings is 2.